The highest BCUT2D eigenvalue weighted by molar-refractivity contribution is 7.89. The molecule has 4 nitrogen and oxygen atoms in total. The molecule has 1 atom stereocenters. The molecule has 0 aliphatic carbocycles. The zero-order chi connectivity index (χ0) is 13.2. The predicted octanol–water partition coefficient (Wildman–Crippen LogP) is 0.995. The molecule has 0 saturated carbocycles. The molecule has 1 unspecified atom stereocenters. The maximum atomic E-state index is 13.4. The maximum Gasteiger partial charge on any atom is 0.243 e. The van der Waals surface area contributed by atoms with Gasteiger partial charge in [-0.2, -0.15) is 0 Å². The van der Waals surface area contributed by atoms with E-state index in [9.17, 15) is 17.2 Å². The Morgan fingerprint density at radius 3 is 2.72 bits per heavy atom. The molecule has 0 amide bonds. The van der Waals surface area contributed by atoms with Gasteiger partial charge in [0.25, 0.3) is 0 Å². The first-order valence-corrected chi connectivity index (χ1v) is 7.15. The standard InChI is InChI=1S/C11H14F2N2O2S/c12-8-3-4-11(10(13)6-8)18(16,17)15-9-2-1-5-14-7-9/h3-4,6,9,14-15H,1-2,5,7H2. The molecule has 1 aliphatic rings. The fourth-order valence-corrected chi connectivity index (χ4v) is 3.26. The maximum absolute atomic E-state index is 13.4. The predicted molar refractivity (Wildman–Crippen MR) is 62.6 cm³/mol. The summed E-state index contributed by atoms with van der Waals surface area (Å²) < 4.78 is 52.4. The van der Waals surface area contributed by atoms with E-state index in [4.69, 9.17) is 0 Å². The lowest BCUT2D eigenvalue weighted by molar-refractivity contribution is 0.427. The van der Waals surface area contributed by atoms with Crippen molar-refractivity contribution in [2.75, 3.05) is 13.1 Å². The number of piperidine rings is 1. The molecule has 2 N–H and O–H groups in total. The minimum absolute atomic E-state index is 0.256. The normalized spacial score (nSPS) is 20.9. The fraction of sp³-hybridized carbons (Fsp3) is 0.455. The van der Waals surface area contributed by atoms with Crippen LogP contribution >= 0.6 is 0 Å². The van der Waals surface area contributed by atoms with E-state index >= 15 is 0 Å². The Morgan fingerprint density at radius 2 is 2.11 bits per heavy atom. The molecule has 1 fully saturated rings. The molecule has 0 radical (unpaired) electrons. The molecule has 1 aliphatic heterocycles. The van der Waals surface area contributed by atoms with Crippen molar-refractivity contribution in [1.29, 1.82) is 0 Å². The van der Waals surface area contributed by atoms with Gasteiger partial charge in [0.1, 0.15) is 16.5 Å². The molecule has 1 aromatic rings. The molecule has 100 valence electrons. The Kier molecular flexibility index (Phi) is 3.94. The van der Waals surface area contributed by atoms with E-state index in [0.717, 1.165) is 25.1 Å². The van der Waals surface area contributed by atoms with Crippen LogP contribution in [-0.2, 0) is 10.0 Å². The monoisotopic (exact) mass is 276 g/mol. The number of benzene rings is 1. The van der Waals surface area contributed by atoms with Crippen LogP contribution in [0.2, 0.25) is 0 Å². The number of halogens is 2. The minimum Gasteiger partial charge on any atom is -0.315 e. The van der Waals surface area contributed by atoms with Crippen molar-refractivity contribution in [2.45, 2.75) is 23.8 Å². The second-order valence-electron chi connectivity index (χ2n) is 4.24. The third-order valence-electron chi connectivity index (χ3n) is 2.80. The van der Waals surface area contributed by atoms with Gasteiger partial charge in [0.15, 0.2) is 0 Å². The van der Waals surface area contributed by atoms with Crippen LogP contribution in [0, 0.1) is 11.6 Å². The summed E-state index contributed by atoms with van der Waals surface area (Å²) in [6.45, 7) is 1.37. The summed E-state index contributed by atoms with van der Waals surface area (Å²) in [6, 6.07) is 2.17. The lowest BCUT2D eigenvalue weighted by atomic mass is 10.1. The third-order valence-corrected chi connectivity index (χ3v) is 4.36. The Bertz CT molecular complexity index is 528. The molecule has 1 aromatic carbocycles. The topological polar surface area (TPSA) is 58.2 Å². The molecule has 7 heteroatoms. The summed E-state index contributed by atoms with van der Waals surface area (Å²) >= 11 is 0. The number of rotatable bonds is 3. The minimum atomic E-state index is -3.94. The van der Waals surface area contributed by atoms with Crippen LogP contribution in [0.5, 0.6) is 0 Å². The van der Waals surface area contributed by atoms with Crippen molar-refractivity contribution in [3.05, 3.63) is 29.8 Å². The number of sulfonamides is 1. The van der Waals surface area contributed by atoms with E-state index in [2.05, 4.69) is 10.0 Å². The molecule has 2 rings (SSSR count). The van der Waals surface area contributed by atoms with Gasteiger partial charge >= 0.3 is 0 Å². The van der Waals surface area contributed by atoms with E-state index in [1.54, 1.807) is 0 Å². The SMILES string of the molecule is O=S(=O)(NC1CCCNC1)c1ccc(F)cc1F. The summed E-state index contributed by atoms with van der Waals surface area (Å²) in [6.07, 6.45) is 1.56. The lowest BCUT2D eigenvalue weighted by Gasteiger charge is -2.23. The largest absolute Gasteiger partial charge is 0.315 e. The van der Waals surface area contributed by atoms with Crippen LogP contribution in [0.4, 0.5) is 8.78 Å². The van der Waals surface area contributed by atoms with E-state index in [0.29, 0.717) is 19.0 Å². The molecule has 0 aromatic heterocycles. The average molecular weight is 276 g/mol. The Balaban J connectivity index is 2.19. The average Bonchev–Trinajstić information content (AvgIpc) is 2.29. The Labute approximate surface area is 104 Å². The van der Waals surface area contributed by atoms with Gasteiger partial charge in [0.05, 0.1) is 0 Å². The first-order valence-electron chi connectivity index (χ1n) is 5.67. The van der Waals surface area contributed by atoms with Gasteiger partial charge in [-0.15, -0.1) is 0 Å². The summed E-state index contributed by atoms with van der Waals surface area (Å²) in [5.41, 5.74) is 0. The molecular weight excluding hydrogens is 262 g/mol. The van der Waals surface area contributed by atoms with Crippen LogP contribution < -0.4 is 10.0 Å². The van der Waals surface area contributed by atoms with Gasteiger partial charge in [-0.3, -0.25) is 0 Å². The Morgan fingerprint density at radius 1 is 1.33 bits per heavy atom. The van der Waals surface area contributed by atoms with Gasteiger partial charge in [0.2, 0.25) is 10.0 Å². The van der Waals surface area contributed by atoms with E-state index in [1.165, 1.54) is 0 Å². The van der Waals surface area contributed by atoms with Gasteiger partial charge in [-0.25, -0.2) is 21.9 Å². The zero-order valence-electron chi connectivity index (χ0n) is 9.62. The van der Waals surface area contributed by atoms with Crippen molar-refractivity contribution in [3.63, 3.8) is 0 Å². The summed E-state index contributed by atoms with van der Waals surface area (Å²) in [7, 11) is -3.94. The molecule has 1 heterocycles. The van der Waals surface area contributed by atoms with Crippen molar-refractivity contribution in [3.8, 4) is 0 Å². The first-order chi connectivity index (χ1) is 8.49. The lowest BCUT2D eigenvalue weighted by Crippen LogP contribution is -2.45. The number of hydrogen-bond acceptors (Lipinski definition) is 3. The second kappa shape index (κ2) is 5.29. The highest BCUT2D eigenvalue weighted by Gasteiger charge is 2.24. The van der Waals surface area contributed by atoms with E-state index < -0.39 is 26.6 Å². The molecule has 0 bridgehead atoms. The zero-order valence-corrected chi connectivity index (χ0v) is 10.4. The molecule has 18 heavy (non-hydrogen) atoms. The number of nitrogens with one attached hydrogen (secondary N) is 2. The second-order valence-corrected chi connectivity index (χ2v) is 5.92. The fourth-order valence-electron chi connectivity index (χ4n) is 1.93. The van der Waals surface area contributed by atoms with Crippen LogP contribution in [0.3, 0.4) is 0 Å². The van der Waals surface area contributed by atoms with Crippen LogP contribution in [0.25, 0.3) is 0 Å². The highest BCUT2D eigenvalue weighted by atomic mass is 32.2. The smallest absolute Gasteiger partial charge is 0.243 e. The van der Waals surface area contributed by atoms with Gasteiger partial charge < -0.3 is 5.32 Å². The van der Waals surface area contributed by atoms with Crippen molar-refractivity contribution in [2.24, 2.45) is 0 Å². The van der Waals surface area contributed by atoms with Crippen molar-refractivity contribution >= 4 is 10.0 Å². The van der Waals surface area contributed by atoms with Crippen LogP contribution in [-0.4, -0.2) is 27.5 Å². The first kappa shape index (κ1) is 13.4. The quantitative estimate of drug-likeness (QED) is 0.866. The summed E-state index contributed by atoms with van der Waals surface area (Å²) in [4.78, 5) is -0.519. The van der Waals surface area contributed by atoms with E-state index in [-0.39, 0.29) is 6.04 Å². The molecular formula is C11H14F2N2O2S. The molecule has 1 saturated heterocycles. The van der Waals surface area contributed by atoms with Gasteiger partial charge in [-0.1, -0.05) is 0 Å². The Hall–Kier alpha value is -1.05. The van der Waals surface area contributed by atoms with Crippen LogP contribution in [0.1, 0.15) is 12.8 Å². The van der Waals surface area contributed by atoms with Crippen LogP contribution in [0.15, 0.2) is 23.1 Å². The van der Waals surface area contributed by atoms with E-state index in [1.807, 2.05) is 0 Å². The summed E-state index contributed by atoms with van der Waals surface area (Å²) in [5.74, 6) is -1.88. The van der Waals surface area contributed by atoms with Crippen molar-refractivity contribution in [1.82, 2.24) is 10.0 Å². The number of hydrogen-bond donors (Lipinski definition) is 2. The van der Waals surface area contributed by atoms with Gasteiger partial charge in [0, 0.05) is 18.7 Å². The van der Waals surface area contributed by atoms with Crippen molar-refractivity contribution < 1.29 is 17.2 Å². The van der Waals surface area contributed by atoms with Gasteiger partial charge in [-0.05, 0) is 31.5 Å². The molecule has 0 spiro atoms. The third kappa shape index (κ3) is 3.04. The summed E-state index contributed by atoms with van der Waals surface area (Å²) in [5, 5.41) is 3.05. The highest BCUT2D eigenvalue weighted by Crippen LogP contribution is 2.16.